The van der Waals surface area contributed by atoms with E-state index >= 15 is 0 Å². The van der Waals surface area contributed by atoms with Gasteiger partial charge in [-0.25, -0.2) is 0 Å². The normalized spacial score (nSPS) is 9.85. The summed E-state index contributed by atoms with van der Waals surface area (Å²) in [6.45, 7) is 0. The van der Waals surface area contributed by atoms with Crippen molar-refractivity contribution in [1.29, 1.82) is 5.26 Å². The Labute approximate surface area is 81.2 Å². The number of nitriles is 1. The van der Waals surface area contributed by atoms with Gasteiger partial charge in [-0.15, -0.1) is 12.6 Å². The molecule has 1 aromatic heterocycles. The van der Waals surface area contributed by atoms with Gasteiger partial charge in [-0.3, -0.25) is 4.98 Å². The summed E-state index contributed by atoms with van der Waals surface area (Å²) in [5.74, 6) is 0. The molecule has 2 aromatic rings. The molecule has 0 unspecified atom stereocenters. The van der Waals surface area contributed by atoms with Gasteiger partial charge >= 0.3 is 0 Å². The molecule has 0 bridgehead atoms. The van der Waals surface area contributed by atoms with Crippen molar-refractivity contribution in [3.05, 3.63) is 36.0 Å². The molecule has 0 fully saturated rings. The van der Waals surface area contributed by atoms with Gasteiger partial charge in [0.25, 0.3) is 0 Å². The second-order valence-corrected chi connectivity index (χ2v) is 3.13. The molecule has 2 nitrogen and oxygen atoms in total. The van der Waals surface area contributed by atoms with Gasteiger partial charge in [-0.2, -0.15) is 5.26 Å². The summed E-state index contributed by atoms with van der Waals surface area (Å²) < 4.78 is 0. The van der Waals surface area contributed by atoms with Crippen LogP contribution in [0, 0.1) is 11.3 Å². The number of hydrogen-bond acceptors (Lipinski definition) is 3. The quantitative estimate of drug-likeness (QED) is 0.641. The van der Waals surface area contributed by atoms with Crippen molar-refractivity contribution in [3.8, 4) is 6.07 Å². The number of thiol groups is 1. The summed E-state index contributed by atoms with van der Waals surface area (Å²) in [7, 11) is 0. The molecular weight excluding hydrogens is 180 g/mol. The number of hydrogen-bond donors (Lipinski definition) is 1. The van der Waals surface area contributed by atoms with E-state index in [0.717, 1.165) is 15.8 Å². The van der Waals surface area contributed by atoms with Crippen LogP contribution in [0.2, 0.25) is 0 Å². The minimum absolute atomic E-state index is 0.640. The molecule has 0 aliphatic rings. The molecule has 0 aliphatic heterocycles. The van der Waals surface area contributed by atoms with Crippen molar-refractivity contribution in [1.82, 2.24) is 4.98 Å². The first-order valence-corrected chi connectivity index (χ1v) is 4.24. The fourth-order valence-corrected chi connectivity index (χ4v) is 1.51. The SMILES string of the molecule is N#Cc1ccc(S)c2ncccc12. The second kappa shape index (κ2) is 3.08. The third kappa shape index (κ3) is 1.25. The Balaban J connectivity index is 2.95. The van der Waals surface area contributed by atoms with Crippen LogP contribution in [0.5, 0.6) is 0 Å². The molecular formula is C10H6N2S. The lowest BCUT2D eigenvalue weighted by Gasteiger charge is -2.00. The zero-order valence-electron chi connectivity index (χ0n) is 6.73. The van der Waals surface area contributed by atoms with E-state index in [9.17, 15) is 0 Å². The van der Waals surface area contributed by atoms with E-state index in [2.05, 4.69) is 23.7 Å². The van der Waals surface area contributed by atoms with Gasteiger partial charge in [-0.05, 0) is 24.3 Å². The van der Waals surface area contributed by atoms with Crippen LogP contribution >= 0.6 is 12.6 Å². The zero-order chi connectivity index (χ0) is 9.26. The standard InChI is InChI=1S/C10H6N2S/c11-6-7-3-4-9(13)10-8(7)2-1-5-12-10/h1-5,13H. The van der Waals surface area contributed by atoms with E-state index < -0.39 is 0 Å². The lowest BCUT2D eigenvalue weighted by atomic mass is 10.1. The van der Waals surface area contributed by atoms with Gasteiger partial charge in [0.1, 0.15) is 0 Å². The second-order valence-electron chi connectivity index (χ2n) is 2.64. The average molecular weight is 186 g/mol. The fraction of sp³-hybridized carbons (Fsp3) is 0. The Hall–Kier alpha value is -1.53. The minimum atomic E-state index is 0.640. The summed E-state index contributed by atoms with van der Waals surface area (Å²) in [6, 6.07) is 9.36. The Morgan fingerprint density at radius 2 is 2.15 bits per heavy atom. The molecule has 0 amide bonds. The monoisotopic (exact) mass is 186 g/mol. The predicted molar refractivity (Wildman–Crippen MR) is 53.7 cm³/mol. The van der Waals surface area contributed by atoms with E-state index in [1.165, 1.54) is 0 Å². The molecule has 0 saturated heterocycles. The molecule has 3 heteroatoms. The number of fused-ring (bicyclic) bond motifs is 1. The molecule has 2 rings (SSSR count). The summed E-state index contributed by atoms with van der Waals surface area (Å²) in [6.07, 6.45) is 1.70. The van der Waals surface area contributed by atoms with E-state index in [-0.39, 0.29) is 0 Å². The molecule has 0 spiro atoms. The lowest BCUT2D eigenvalue weighted by molar-refractivity contribution is 1.35. The third-order valence-electron chi connectivity index (χ3n) is 1.87. The van der Waals surface area contributed by atoms with Crippen LogP contribution in [0.3, 0.4) is 0 Å². The Morgan fingerprint density at radius 1 is 1.31 bits per heavy atom. The van der Waals surface area contributed by atoms with Gasteiger partial charge in [0.2, 0.25) is 0 Å². The maximum atomic E-state index is 8.82. The van der Waals surface area contributed by atoms with Crippen LogP contribution in [0.15, 0.2) is 35.4 Å². The topological polar surface area (TPSA) is 36.7 Å². The summed E-state index contributed by atoms with van der Waals surface area (Å²) in [5, 5.41) is 9.68. The van der Waals surface area contributed by atoms with Gasteiger partial charge in [0.05, 0.1) is 17.1 Å². The van der Waals surface area contributed by atoms with E-state index in [0.29, 0.717) is 5.56 Å². The maximum absolute atomic E-state index is 8.82. The number of benzene rings is 1. The van der Waals surface area contributed by atoms with Crippen molar-refractivity contribution in [2.45, 2.75) is 4.90 Å². The summed E-state index contributed by atoms with van der Waals surface area (Å²) in [4.78, 5) is 4.96. The van der Waals surface area contributed by atoms with Gasteiger partial charge in [0, 0.05) is 16.5 Å². The average Bonchev–Trinajstić information content (AvgIpc) is 2.19. The van der Waals surface area contributed by atoms with E-state index in [4.69, 9.17) is 5.26 Å². The first-order chi connectivity index (χ1) is 6.33. The summed E-state index contributed by atoms with van der Waals surface area (Å²) >= 11 is 4.26. The first-order valence-electron chi connectivity index (χ1n) is 3.80. The highest BCUT2D eigenvalue weighted by Crippen LogP contribution is 2.22. The van der Waals surface area contributed by atoms with Crippen molar-refractivity contribution >= 4 is 23.5 Å². The number of pyridine rings is 1. The van der Waals surface area contributed by atoms with Crippen LogP contribution < -0.4 is 0 Å². The molecule has 0 N–H and O–H groups in total. The highest BCUT2D eigenvalue weighted by Gasteiger charge is 2.02. The largest absolute Gasteiger partial charge is 0.255 e. The van der Waals surface area contributed by atoms with Crippen LogP contribution in [0.25, 0.3) is 10.9 Å². The van der Waals surface area contributed by atoms with Crippen LogP contribution in [0.4, 0.5) is 0 Å². The third-order valence-corrected chi connectivity index (χ3v) is 2.23. The zero-order valence-corrected chi connectivity index (χ0v) is 7.62. The first kappa shape index (κ1) is 8.09. The Bertz CT molecular complexity index is 500. The van der Waals surface area contributed by atoms with Gasteiger partial charge in [0.15, 0.2) is 0 Å². The number of nitrogens with zero attached hydrogens (tertiary/aromatic N) is 2. The number of rotatable bonds is 0. The molecule has 0 saturated carbocycles. The molecule has 62 valence electrons. The van der Waals surface area contributed by atoms with Crippen molar-refractivity contribution in [2.75, 3.05) is 0 Å². The highest BCUT2D eigenvalue weighted by molar-refractivity contribution is 7.80. The molecule has 1 aromatic carbocycles. The maximum Gasteiger partial charge on any atom is 0.0998 e. The van der Waals surface area contributed by atoms with Crippen molar-refractivity contribution < 1.29 is 0 Å². The van der Waals surface area contributed by atoms with Crippen LogP contribution in [-0.2, 0) is 0 Å². The van der Waals surface area contributed by atoms with Crippen molar-refractivity contribution in [3.63, 3.8) is 0 Å². The van der Waals surface area contributed by atoms with E-state index in [1.54, 1.807) is 18.3 Å². The molecule has 13 heavy (non-hydrogen) atoms. The molecule has 1 heterocycles. The Kier molecular flexibility index (Phi) is 1.91. The smallest absolute Gasteiger partial charge is 0.0998 e. The van der Waals surface area contributed by atoms with Gasteiger partial charge in [-0.1, -0.05) is 0 Å². The fourth-order valence-electron chi connectivity index (χ4n) is 1.26. The lowest BCUT2D eigenvalue weighted by Crippen LogP contribution is -1.83. The highest BCUT2D eigenvalue weighted by atomic mass is 32.1. The van der Waals surface area contributed by atoms with Crippen LogP contribution in [0.1, 0.15) is 5.56 Å². The summed E-state index contributed by atoms with van der Waals surface area (Å²) in [5.41, 5.74) is 1.42. The number of aromatic nitrogens is 1. The minimum Gasteiger partial charge on any atom is -0.255 e. The predicted octanol–water partition coefficient (Wildman–Crippen LogP) is 2.40. The Morgan fingerprint density at radius 3 is 2.92 bits per heavy atom. The van der Waals surface area contributed by atoms with Gasteiger partial charge < -0.3 is 0 Å². The molecule has 0 aliphatic carbocycles. The van der Waals surface area contributed by atoms with Crippen LogP contribution in [-0.4, -0.2) is 4.98 Å². The van der Waals surface area contributed by atoms with E-state index in [1.807, 2.05) is 12.1 Å². The van der Waals surface area contributed by atoms with Crippen molar-refractivity contribution in [2.24, 2.45) is 0 Å². The molecule has 0 atom stereocenters. The molecule has 0 radical (unpaired) electrons.